The van der Waals surface area contributed by atoms with E-state index in [2.05, 4.69) is 5.32 Å². The summed E-state index contributed by atoms with van der Waals surface area (Å²) in [6.45, 7) is 1.48. The van der Waals surface area contributed by atoms with E-state index in [0.29, 0.717) is 27.8 Å². The Morgan fingerprint density at radius 3 is 2.50 bits per heavy atom. The second-order valence-corrected chi connectivity index (χ2v) is 6.13. The van der Waals surface area contributed by atoms with Crippen molar-refractivity contribution >= 4 is 40.7 Å². The van der Waals surface area contributed by atoms with E-state index in [9.17, 15) is 9.59 Å². The molecule has 0 aliphatic heterocycles. The maximum absolute atomic E-state index is 12.0. The molecule has 2 rings (SSSR count). The Labute approximate surface area is 139 Å². The summed E-state index contributed by atoms with van der Waals surface area (Å²) in [7, 11) is 0. The molecule has 0 saturated carbocycles. The first-order valence-electron chi connectivity index (χ1n) is 6.79. The molecule has 0 bridgehead atoms. The lowest BCUT2D eigenvalue weighted by Gasteiger charge is -2.09. The highest BCUT2D eigenvalue weighted by molar-refractivity contribution is 7.99. The van der Waals surface area contributed by atoms with Crippen LogP contribution >= 0.6 is 23.4 Å². The molecule has 0 saturated heterocycles. The molecule has 0 radical (unpaired) electrons. The molecule has 5 heteroatoms. The minimum Gasteiger partial charge on any atom is -0.325 e. The zero-order valence-electron chi connectivity index (χ0n) is 12.1. The van der Waals surface area contributed by atoms with Gasteiger partial charge in [0.05, 0.1) is 11.4 Å². The second kappa shape index (κ2) is 8.01. The van der Waals surface area contributed by atoms with Gasteiger partial charge in [0.15, 0.2) is 5.78 Å². The van der Waals surface area contributed by atoms with Gasteiger partial charge in [-0.15, -0.1) is 11.8 Å². The number of Topliss-reactive ketones (excluding diaryl/α,β-unsaturated/α-hetero) is 1. The summed E-state index contributed by atoms with van der Waals surface area (Å²) in [5.74, 6) is 0.768. The maximum Gasteiger partial charge on any atom is 0.234 e. The Bertz CT molecular complexity index is 688. The van der Waals surface area contributed by atoms with Crippen molar-refractivity contribution in [3.63, 3.8) is 0 Å². The number of anilines is 1. The predicted octanol–water partition coefficient (Wildman–Crippen LogP) is 4.41. The molecule has 0 fully saturated rings. The maximum atomic E-state index is 12.0. The van der Waals surface area contributed by atoms with E-state index in [4.69, 9.17) is 11.6 Å². The summed E-state index contributed by atoms with van der Waals surface area (Å²) in [5, 5.41) is 3.49. The average Bonchev–Trinajstić information content (AvgIpc) is 2.49. The molecule has 114 valence electrons. The monoisotopic (exact) mass is 333 g/mol. The van der Waals surface area contributed by atoms with Gasteiger partial charge in [-0.2, -0.15) is 0 Å². The van der Waals surface area contributed by atoms with Crippen molar-refractivity contribution in [2.45, 2.75) is 12.7 Å². The lowest BCUT2D eigenvalue weighted by Crippen LogP contribution is -2.16. The van der Waals surface area contributed by atoms with Crippen molar-refractivity contribution < 1.29 is 9.59 Å². The fourth-order valence-electron chi connectivity index (χ4n) is 1.95. The highest BCUT2D eigenvalue weighted by Crippen LogP contribution is 2.21. The first kappa shape index (κ1) is 16.6. The van der Waals surface area contributed by atoms with E-state index in [0.717, 1.165) is 5.56 Å². The third kappa shape index (κ3) is 4.61. The zero-order chi connectivity index (χ0) is 15.9. The number of hydrogen-bond acceptors (Lipinski definition) is 3. The van der Waals surface area contributed by atoms with Crippen LogP contribution in [0.5, 0.6) is 0 Å². The number of ketones is 1. The highest BCUT2D eigenvalue weighted by atomic mass is 35.5. The van der Waals surface area contributed by atoms with Gasteiger partial charge < -0.3 is 5.32 Å². The number of para-hydroxylation sites is 1. The molecular formula is C17H16ClNO2S. The van der Waals surface area contributed by atoms with Gasteiger partial charge >= 0.3 is 0 Å². The number of benzene rings is 2. The summed E-state index contributed by atoms with van der Waals surface area (Å²) in [5.41, 5.74) is 2.08. The Hall–Kier alpha value is -1.78. The number of rotatable bonds is 6. The highest BCUT2D eigenvalue weighted by Gasteiger charge is 2.10. The molecule has 0 spiro atoms. The fraction of sp³-hybridized carbons (Fsp3) is 0.176. The van der Waals surface area contributed by atoms with Gasteiger partial charge in [-0.1, -0.05) is 41.9 Å². The summed E-state index contributed by atoms with van der Waals surface area (Å²) in [4.78, 5) is 23.5. The van der Waals surface area contributed by atoms with E-state index < -0.39 is 0 Å². The summed E-state index contributed by atoms with van der Waals surface area (Å²) < 4.78 is 0. The molecule has 0 atom stereocenters. The van der Waals surface area contributed by atoms with Crippen molar-refractivity contribution in [2.75, 3.05) is 11.1 Å². The van der Waals surface area contributed by atoms with Gasteiger partial charge in [0.1, 0.15) is 0 Å². The molecule has 0 heterocycles. The predicted molar refractivity (Wildman–Crippen MR) is 92.7 cm³/mol. The number of thioether (sulfide) groups is 1. The van der Waals surface area contributed by atoms with Gasteiger partial charge in [0.2, 0.25) is 5.91 Å². The molecular weight excluding hydrogens is 318 g/mol. The van der Waals surface area contributed by atoms with Crippen LogP contribution in [0.2, 0.25) is 5.02 Å². The standard InChI is InChI=1S/C17H16ClNO2S/c1-12(20)14-7-3-5-9-16(14)19-17(21)11-22-10-13-6-2-4-8-15(13)18/h2-9H,10-11H2,1H3,(H,19,21). The quantitative estimate of drug-likeness (QED) is 0.796. The molecule has 0 aromatic heterocycles. The molecule has 0 unspecified atom stereocenters. The van der Waals surface area contributed by atoms with E-state index in [1.54, 1.807) is 24.3 Å². The third-order valence-corrected chi connectivity index (χ3v) is 4.38. The Morgan fingerprint density at radius 2 is 1.77 bits per heavy atom. The third-order valence-electron chi connectivity index (χ3n) is 3.03. The van der Waals surface area contributed by atoms with Crippen LogP contribution in [0.4, 0.5) is 5.69 Å². The fourth-order valence-corrected chi connectivity index (χ4v) is 3.07. The molecule has 0 aliphatic carbocycles. The van der Waals surface area contributed by atoms with Crippen molar-refractivity contribution in [2.24, 2.45) is 0 Å². The van der Waals surface area contributed by atoms with E-state index >= 15 is 0 Å². The molecule has 2 aromatic carbocycles. The number of carbonyl (C=O) groups is 2. The average molecular weight is 334 g/mol. The van der Waals surface area contributed by atoms with Crippen molar-refractivity contribution in [3.8, 4) is 0 Å². The number of carbonyl (C=O) groups excluding carboxylic acids is 2. The van der Waals surface area contributed by atoms with Gasteiger partial charge in [-0.3, -0.25) is 9.59 Å². The molecule has 3 nitrogen and oxygen atoms in total. The van der Waals surface area contributed by atoms with Crippen LogP contribution in [-0.4, -0.2) is 17.4 Å². The number of hydrogen-bond donors (Lipinski definition) is 1. The van der Waals surface area contributed by atoms with Gasteiger partial charge in [-0.05, 0) is 30.7 Å². The largest absolute Gasteiger partial charge is 0.325 e. The van der Waals surface area contributed by atoms with Crippen LogP contribution in [0, 0.1) is 0 Å². The van der Waals surface area contributed by atoms with Crippen molar-refractivity contribution in [1.82, 2.24) is 0 Å². The van der Waals surface area contributed by atoms with Gasteiger partial charge in [0, 0.05) is 16.3 Å². The smallest absolute Gasteiger partial charge is 0.234 e. The van der Waals surface area contributed by atoms with E-state index in [1.165, 1.54) is 18.7 Å². The first-order chi connectivity index (χ1) is 10.6. The van der Waals surface area contributed by atoms with Gasteiger partial charge in [-0.25, -0.2) is 0 Å². The molecule has 2 aromatic rings. The first-order valence-corrected chi connectivity index (χ1v) is 8.32. The summed E-state index contributed by atoms with van der Waals surface area (Å²) >= 11 is 7.55. The van der Waals surface area contributed by atoms with E-state index in [-0.39, 0.29) is 11.7 Å². The van der Waals surface area contributed by atoms with Crippen LogP contribution in [0.3, 0.4) is 0 Å². The lowest BCUT2D eigenvalue weighted by molar-refractivity contribution is -0.113. The summed E-state index contributed by atoms with van der Waals surface area (Å²) in [6, 6.07) is 14.6. The number of nitrogens with one attached hydrogen (secondary N) is 1. The second-order valence-electron chi connectivity index (χ2n) is 4.73. The SMILES string of the molecule is CC(=O)c1ccccc1NC(=O)CSCc1ccccc1Cl. The molecule has 22 heavy (non-hydrogen) atoms. The lowest BCUT2D eigenvalue weighted by atomic mass is 10.1. The Kier molecular flexibility index (Phi) is 6.04. The number of amides is 1. The number of halogens is 1. The van der Waals surface area contributed by atoms with Crippen molar-refractivity contribution in [3.05, 3.63) is 64.7 Å². The molecule has 0 aliphatic rings. The molecule has 1 amide bonds. The normalized spacial score (nSPS) is 10.3. The van der Waals surface area contributed by atoms with Gasteiger partial charge in [0.25, 0.3) is 0 Å². The van der Waals surface area contributed by atoms with E-state index in [1.807, 2.05) is 24.3 Å². The van der Waals surface area contributed by atoms with Crippen LogP contribution < -0.4 is 5.32 Å². The minimum atomic E-state index is -0.134. The van der Waals surface area contributed by atoms with Crippen LogP contribution in [0.25, 0.3) is 0 Å². The minimum absolute atomic E-state index is 0.0698. The molecule has 1 N–H and O–H groups in total. The van der Waals surface area contributed by atoms with Crippen LogP contribution in [-0.2, 0) is 10.5 Å². The Balaban J connectivity index is 1.89. The zero-order valence-corrected chi connectivity index (χ0v) is 13.7. The van der Waals surface area contributed by atoms with Crippen molar-refractivity contribution in [1.29, 1.82) is 0 Å². The van der Waals surface area contributed by atoms with Crippen LogP contribution in [0.15, 0.2) is 48.5 Å². The Morgan fingerprint density at radius 1 is 1.09 bits per heavy atom. The topological polar surface area (TPSA) is 46.2 Å². The summed E-state index contributed by atoms with van der Waals surface area (Å²) in [6.07, 6.45) is 0. The van der Waals surface area contributed by atoms with Crippen LogP contribution in [0.1, 0.15) is 22.8 Å².